The molecule has 0 aliphatic carbocycles. The molecule has 0 saturated heterocycles. The Bertz CT molecular complexity index is 324. The number of aliphatic hydroxyl groups is 1. The van der Waals surface area contributed by atoms with Crippen LogP contribution >= 0.6 is 0 Å². The van der Waals surface area contributed by atoms with Gasteiger partial charge in [-0.1, -0.05) is 24.6 Å². The molecule has 0 aliphatic heterocycles. The van der Waals surface area contributed by atoms with Crippen molar-refractivity contribution in [1.29, 1.82) is 0 Å². The quantitative estimate of drug-likeness (QED) is 0.798. The zero-order chi connectivity index (χ0) is 12.1. The van der Waals surface area contributed by atoms with Crippen LogP contribution < -0.4 is 5.32 Å². The first-order chi connectivity index (χ1) is 7.54. The molecule has 2 nitrogen and oxygen atoms in total. The van der Waals surface area contributed by atoms with Gasteiger partial charge in [0.15, 0.2) is 0 Å². The number of aryl methyl sites for hydroxylation is 3. The highest BCUT2D eigenvalue weighted by Crippen LogP contribution is 2.17. The van der Waals surface area contributed by atoms with Crippen molar-refractivity contribution < 1.29 is 5.11 Å². The molecule has 0 heterocycles. The van der Waals surface area contributed by atoms with Crippen LogP contribution in [0.1, 0.15) is 29.2 Å². The van der Waals surface area contributed by atoms with Gasteiger partial charge in [0.2, 0.25) is 0 Å². The third-order valence-corrected chi connectivity index (χ3v) is 2.91. The predicted molar refractivity (Wildman–Crippen MR) is 68.9 cm³/mol. The lowest BCUT2D eigenvalue weighted by molar-refractivity contribution is 0.172. The van der Waals surface area contributed by atoms with Crippen LogP contribution in [0.25, 0.3) is 0 Å². The van der Waals surface area contributed by atoms with Crippen LogP contribution in [0.2, 0.25) is 0 Å². The van der Waals surface area contributed by atoms with Crippen molar-refractivity contribution in [2.24, 2.45) is 0 Å². The van der Waals surface area contributed by atoms with Gasteiger partial charge in [0, 0.05) is 13.0 Å². The van der Waals surface area contributed by atoms with Crippen LogP contribution in [0.15, 0.2) is 12.1 Å². The molecule has 0 bridgehead atoms. The molecule has 1 rings (SSSR count). The van der Waals surface area contributed by atoms with Crippen molar-refractivity contribution >= 4 is 0 Å². The number of rotatable bonds is 5. The molecular weight excluding hydrogens is 198 g/mol. The smallest absolute Gasteiger partial charge is 0.0705 e. The van der Waals surface area contributed by atoms with E-state index >= 15 is 0 Å². The molecular formula is C14H23NO. The summed E-state index contributed by atoms with van der Waals surface area (Å²) >= 11 is 0. The first-order valence-corrected chi connectivity index (χ1v) is 6.00. The molecule has 0 aliphatic rings. The number of hydrogen-bond donors (Lipinski definition) is 2. The molecule has 1 aromatic carbocycles. The van der Waals surface area contributed by atoms with E-state index in [2.05, 4.69) is 45.1 Å². The van der Waals surface area contributed by atoms with Gasteiger partial charge in [-0.3, -0.25) is 0 Å². The third kappa shape index (κ3) is 3.62. The molecule has 0 amide bonds. The van der Waals surface area contributed by atoms with Gasteiger partial charge in [-0.2, -0.15) is 0 Å². The number of benzene rings is 1. The van der Waals surface area contributed by atoms with Gasteiger partial charge in [-0.25, -0.2) is 0 Å². The molecule has 0 spiro atoms. The lowest BCUT2D eigenvalue weighted by atomic mass is 9.95. The maximum Gasteiger partial charge on any atom is 0.0705 e. The van der Waals surface area contributed by atoms with E-state index in [-0.39, 0.29) is 6.10 Å². The highest BCUT2D eigenvalue weighted by molar-refractivity contribution is 5.37. The van der Waals surface area contributed by atoms with Gasteiger partial charge in [-0.05, 0) is 44.0 Å². The van der Waals surface area contributed by atoms with E-state index in [1.165, 1.54) is 22.3 Å². The van der Waals surface area contributed by atoms with Gasteiger partial charge in [0.25, 0.3) is 0 Å². The Morgan fingerprint density at radius 1 is 1.19 bits per heavy atom. The molecule has 1 atom stereocenters. The summed E-state index contributed by atoms with van der Waals surface area (Å²) in [7, 11) is 0. The van der Waals surface area contributed by atoms with Crippen LogP contribution in [0.5, 0.6) is 0 Å². The van der Waals surface area contributed by atoms with Gasteiger partial charge < -0.3 is 10.4 Å². The third-order valence-electron chi connectivity index (χ3n) is 2.91. The van der Waals surface area contributed by atoms with Crippen molar-refractivity contribution in [2.45, 2.75) is 40.2 Å². The number of hydrogen-bond acceptors (Lipinski definition) is 2. The molecule has 0 aromatic heterocycles. The van der Waals surface area contributed by atoms with Gasteiger partial charge >= 0.3 is 0 Å². The van der Waals surface area contributed by atoms with Gasteiger partial charge in [-0.15, -0.1) is 0 Å². The second-order valence-corrected chi connectivity index (χ2v) is 4.54. The molecule has 1 aromatic rings. The predicted octanol–water partition coefficient (Wildman–Crippen LogP) is 2.12. The highest BCUT2D eigenvalue weighted by Gasteiger charge is 2.09. The fourth-order valence-corrected chi connectivity index (χ4v) is 2.15. The van der Waals surface area contributed by atoms with Crippen LogP contribution in [-0.4, -0.2) is 24.3 Å². The van der Waals surface area contributed by atoms with Crippen LogP contribution in [0.3, 0.4) is 0 Å². The van der Waals surface area contributed by atoms with Crippen LogP contribution in [0, 0.1) is 20.8 Å². The molecule has 0 radical (unpaired) electrons. The zero-order valence-electron chi connectivity index (χ0n) is 10.8. The van der Waals surface area contributed by atoms with E-state index in [4.69, 9.17) is 0 Å². The summed E-state index contributed by atoms with van der Waals surface area (Å²) < 4.78 is 0. The number of aliphatic hydroxyl groups excluding tert-OH is 1. The Kier molecular flexibility index (Phi) is 4.97. The molecule has 16 heavy (non-hydrogen) atoms. The molecule has 90 valence electrons. The molecule has 0 fully saturated rings. The lowest BCUT2D eigenvalue weighted by Crippen LogP contribution is -2.28. The van der Waals surface area contributed by atoms with E-state index in [0.29, 0.717) is 6.54 Å². The molecule has 2 heteroatoms. The SMILES string of the molecule is CCNCC(O)Cc1c(C)cc(C)cc1C. The van der Waals surface area contributed by atoms with Crippen LogP contribution in [-0.2, 0) is 6.42 Å². The first-order valence-electron chi connectivity index (χ1n) is 6.00. The maximum atomic E-state index is 9.89. The van der Waals surface area contributed by atoms with Crippen molar-refractivity contribution in [3.8, 4) is 0 Å². The topological polar surface area (TPSA) is 32.3 Å². The fraction of sp³-hybridized carbons (Fsp3) is 0.571. The Hall–Kier alpha value is -0.860. The summed E-state index contributed by atoms with van der Waals surface area (Å²) in [6.45, 7) is 9.98. The number of likely N-dealkylation sites (N-methyl/N-ethyl adjacent to an activating group) is 1. The number of nitrogens with one attached hydrogen (secondary N) is 1. The summed E-state index contributed by atoms with van der Waals surface area (Å²) in [6, 6.07) is 4.37. The van der Waals surface area contributed by atoms with Gasteiger partial charge in [0.05, 0.1) is 6.10 Å². The monoisotopic (exact) mass is 221 g/mol. The first kappa shape index (κ1) is 13.2. The normalized spacial score (nSPS) is 12.8. The zero-order valence-corrected chi connectivity index (χ0v) is 10.8. The Morgan fingerprint density at radius 3 is 2.25 bits per heavy atom. The molecule has 1 unspecified atom stereocenters. The summed E-state index contributed by atoms with van der Waals surface area (Å²) in [4.78, 5) is 0. The minimum absolute atomic E-state index is 0.292. The maximum absolute atomic E-state index is 9.89. The average Bonchev–Trinajstić information content (AvgIpc) is 2.20. The highest BCUT2D eigenvalue weighted by atomic mass is 16.3. The van der Waals surface area contributed by atoms with E-state index in [1.54, 1.807) is 0 Å². The Labute approximate surface area is 98.7 Å². The Balaban J connectivity index is 2.73. The van der Waals surface area contributed by atoms with Crippen molar-refractivity contribution in [2.75, 3.05) is 13.1 Å². The van der Waals surface area contributed by atoms with E-state index in [1.807, 2.05) is 0 Å². The Morgan fingerprint density at radius 2 is 1.75 bits per heavy atom. The summed E-state index contributed by atoms with van der Waals surface area (Å²) in [5, 5.41) is 13.1. The second-order valence-electron chi connectivity index (χ2n) is 4.54. The van der Waals surface area contributed by atoms with Crippen LogP contribution in [0.4, 0.5) is 0 Å². The minimum atomic E-state index is -0.292. The minimum Gasteiger partial charge on any atom is -0.391 e. The van der Waals surface area contributed by atoms with Gasteiger partial charge in [0.1, 0.15) is 0 Å². The summed E-state index contributed by atoms with van der Waals surface area (Å²) in [6.07, 6.45) is 0.449. The largest absolute Gasteiger partial charge is 0.391 e. The summed E-state index contributed by atoms with van der Waals surface area (Å²) in [5.41, 5.74) is 5.15. The van der Waals surface area contributed by atoms with E-state index in [0.717, 1.165) is 13.0 Å². The lowest BCUT2D eigenvalue weighted by Gasteiger charge is -2.15. The second kappa shape index (κ2) is 6.02. The standard InChI is InChI=1S/C14H23NO/c1-5-15-9-13(16)8-14-11(3)6-10(2)7-12(14)4/h6-7,13,15-16H,5,8-9H2,1-4H3. The van der Waals surface area contributed by atoms with Crippen molar-refractivity contribution in [3.63, 3.8) is 0 Å². The van der Waals surface area contributed by atoms with E-state index in [9.17, 15) is 5.11 Å². The fourth-order valence-electron chi connectivity index (χ4n) is 2.15. The summed E-state index contributed by atoms with van der Waals surface area (Å²) in [5.74, 6) is 0. The average molecular weight is 221 g/mol. The van der Waals surface area contributed by atoms with E-state index < -0.39 is 0 Å². The van der Waals surface area contributed by atoms with Crippen molar-refractivity contribution in [3.05, 3.63) is 34.4 Å². The van der Waals surface area contributed by atoms with Crippen molar-refractivity contribution in [1.82, 2.24) is 5.32 Å². The molecule has 0 saturated carbocycles. The molecule has 2 N–H and O–H groups in total.